The van der Waals surface area contributed by atoms with Crippen LogP contribution in [0.1, 0.15) is 448 Å². The van der Waals surface area contributed by atoms with E-state index in [4.69, 9.17) is 0 Å². The standard InChI is InChI=1S/3C13H19NO.3C13H19N.3C11H15NO2S.9C2H6/c3*1-13(2,3)14-12-10-7-5-4-6-9(10)8-11(12)15;3*1-13(2,3)14-12-9-8-10-6-4-5-7-11(10)12;3*1-8(2)12-10-7-15(13,14)11-6-4-3-5-9(10)11;9*1-2/h3*4-7,11-12,14-15H,8H2,1-3H3;3*4-7,12,14H,8-9H2,1-3H3;3*3-6,8,10,12H,7H2,1-2H3;9*1-2H3/t11-,12+;11-,12-;;2*12-;;2*10-;;;;;;;;;;/m01.10.10........../s1. The third-order valence-corrected chi connectivity index (χ3v) is 29.7. The van der Waals surface area contributed by atoms with Crippen molar-refractivity contribution in [3.8, 4) is 0 Å². The van der Waals surface area contributed by atoms with Crippen molar-refractivity contribution in [2.24, 2.45) is 0 Å². The van der Waals surface area contributed by atoms with Crippen LogP contribution in [0.5, 0.6) is 0 Å². The van der Waals surface area contributed by atoms with Crippen molar-refractivity contribution < 1.29 is 40.6 Å². The molecular formula is C129H213N9O9S3. The fourth-order valence-corrected chi connectivity index (χ4v) is 24.6. The average Bonchev–Trinajstić information content (AvgIpc) is 1.61. The minimum absolute atomic E-state index is 0.0309. The molecule has 12 N–H and O–H groups in total. The molecule has 9 aromatic carbocycles. The van der Waals surface area contributed by atoms with E-state index in [2.05, 4.69) is 282 Å². The summed E-state index contributed by atoms with van der Waals surface area (Å²) in [5, 5.41) is 61.3. The zero-order valence-electron chi connectivity index (χ0n) is 101. The van der Waals surface area contributed by atoms with Crippen molar-refractivity contribution in [1.29, 1.82) is 0 Å². The third-order valence-electron chi connectivity index (χ3n) is 24.2. The summed E-state index contributed by atoms with van der Waals surface area (Å²) in [5.74, 6) is 0.555. The van der Waals surface area contributed by atoms with Crippen molar-refractivity contribution >= 4 is 29.5 Å². The molecule has 150 heavy (non-hydrogen) atoms. The lowest BCUT2D eigenvalue weighted by Gasteiger charge is -2.28. The molecule has 0 saturated heterocycles. The summed E-state index contributed by atoms with van der Waals surface area (Å²) in [6, 6.07) is 75.5. The molecule has 0 fully saturated rings. The van der Waals surface area contributed by atoms with E-state index >= 15 is 0 Å². The Labute approximate surface area is 918 Å². The molecule has 0 bridgehead atoms. The monoisotopic (exact) mass is 2130 g/mol. The zero-order chi connectivity index (χ0) is 115. The van der Waals surface area contributed by atoms with Gasteiger partial charge in [-0.2, -0.15) is 0 Å². The van der Waals surface area contributed by atoms with Gasteiger partial charge in [0.25, 0.3) is 0 Å². The second-order valence-electron chi connectivity index (χ2n) is 44.2. The lowest BCUT2D eigenvalue weighted by Crippen LogP contribution is -2.42. The molecule has 18 nitrogen and oxygen atoms in total. The topological polar surface area (TPSA) is 271 Å². The summed E-state index contributed by atoms with van der Waals surface area (Å²) in [5.41, 5.74) is 20.1. The van der Waals surface area contributed by atoms with Crippen LogP contribution in [0.25, 0.3) is 0 Å². The van der Waals surface area contributed by atoms with Gasteiger partial charge in [-0.3, -0.25) is 0 Å². The average molecular weight is 2130 g/mol. The lowest BCUT2D eigenvalue weighted by molar-refractivity contribution is 0.126. The molecule has 9 aliphatic rings. The van der Waals surface area contributed by atoms with Crippen LogP contribution >= 0.6 is 0 Å². The Morgan fingerprint density at radius 1 is 0.220 bits per heavy atom. The molecule has 0 spiro atoms. The molecule has 6 aliphatic carbocycles. The fourth-order valence-electron chi connectivity index (χ4n) is 19.3. The summed E-state index contributed by atoms with van der Waals surface area (Å²) in [6.07, 6.45) is 8.85. The van der Waals surface area contributed by atoms with Crippen LogP contribution < -0.4 is 47.9 Å². The van der Waals surface area contributed by atoms with Gasteiger partial charge in [-0.15, -0.1) is 0 Å². The number of fused-ring (bicyclic) bond motifs is 9. The van der Waals surface area contributed by atoms with Crippen molar-refractivity contribution in [3.63, 3.8) is 0 Å². The minimum Gasteiger partial charge on any atom is -0.391 e. The first kappa shape index (κ1) is 140. The molecule has 3 aliphatic heterocycles. The van der Waals surface area contributed by atoms with Crippen LogP contribution in [0.15, 0.2) is 233 Å². The Bertz CT molecular complexity index is 5060. The van der Waals surface area contributed by atoms with Crippen LogP contribution in [0, 0.1) is 0 Å². The maximum absolute atomic E-state index is 11.8. The lowest BCUT2D eigenvalue weighted by atomic mass is 10.0. The van der Waals surface area contributed by atoms with E-state index in [0.29, 0.717) is 32.8 Å². The number of aliphatic hydroxyl groups is 3. The predicted molar refractivity (Wildman–Crippen MR) is 647 cm³/mol. The van der Waals surface area contributed by atoms with Gasteiger partial charge in [-0.25, -0.2) is 25.3 Å². The SMILES string of the molecule is CC.CC.CC.CC.CC.CC.CC.CC.CC.CC(C)(C)NC1CCc2ccccc21.CC(C)(C)NC1c2ccccc2CC1O.CC(C)(C)N[C@@H]1CCc2ccccc21.CC(C)(C)N[C@@H]1c2ccccc2C[C@@H]1O.CC(C)(C)N[C@@H]1c2ccccc2C[C@H]1O.CC(C)(C)N[C@H]1CCc2ccccc21.CC(C)NC1CS(=O)(=O)c2ccccc21.CC(C)N[C@@H]1CS(=O)(=O)c2ccccc21.CC(C)N[C@H]1CS(=O)(=O)c2ccccc21. The summed E-state index contributed by atoms with van der Waals surface area (Å²) >= 11 is 0. The van der Waals surface area contributed by atoms with E-state index < -0.39 is 29.5 Å². The molecule has 18 rings (SSSR count). The molecule has 21 heteroatoms. The van der Waals surface area contributed by atoms with Crippen LogP contribution in [0.4, 0.5) is 0 Å². The Balaban J connectivity index is 0.000000827. The second-order valence-corrected chi connectivity index (χ2v) is 50.2. The van der Waals surface area contributed by atoms with Crippen LogP contribution in [-0.4, -0.2) is 128 Å². The quantitative estimate of drug-likeness (QED) is 0.0542. The van der Waals surface area contributed by atoms with Crippen molar-refractivity contribution in [2.75, 3.05) is 17.3 Å². The largest absolute Gasteiger partial charge is 0.391 e. The molecule has 12 atom stereocenters. The molecule has 4 unspecified atom stereocenters. The number of nitrogens with one attached hydrogen (secondary N) is 9. The van der Waals surface area contributed by atoms with Crippen LogP contribution in [0.2, 0.25) is 0 Å². The van der Waals surface area contributed by atoms with Gasteiger partial charge < -0.3 is 63.2 Å². The van der Waals surface area contributed by atoms with E-state index in [1.165, 1.54) is 105 Å². The summed E-state index contributed by atoms with van der Waals surface area (Å²) < 4.78 is 70.8. The third kappa shape index (κ3) is 46.8. The Hall–Kier alpha value is -7.65. The first-order valence-electron chi connectivity index (χ1n) is 57.0. The fraction of sp³-hybridized carbons (Fsp3) is 0.581. The van der Waals surface area contributed by atoms with Gasteiger partial charge in [0.2, 0.25) is 0 Å². The normalized spacial score (nSPS) is 20.7. The van der Waals surface area contributed by atoms with E-state index in [1.54, 1.807) is 36.4 Å². The van der Waals surface area contributed by atoms with Gasteiger partial charge in [0.1, 0.15) is 0 Å². The molecule has 0 radical (unpaired) electrons. The van der Waals surface area contributed by atoms with Crippen molar-refractivity contribution in [1.82, 2.24) is 47.9 Å². The minimum atomic E-state index is -3.06. The Kier molecular flexibility index (Phi) is 63.6. The maximum atomic E-state index is 11.8. The number of aryl methyl sites for hydroxylation is 3. The van der Waals surface area contributed by atoms with Gasteiger partial charge >= 0.3 is 0 Å². The molecule has 0 saturated carbocycles. The summed E-state index contributed by atoms with van der Waals surface area (Å²) in [7, 11) is -9.19. The number of sulfone groups is 3. The Morgan fingerprint density at radius 2 is 0.380 bits per heavy atom. The summed E-state index contributed by atoms with van der Waals surface area (Å²) in [4.78, 5) is 1.47. The first-order chi connectivity index (χ1) is 70.6. The van der Waals surface area contributed by atoms with Gasteiger partial charge in [-0.1, -0.05) is 366 Å². The smallest absolute Gasteiger partial charge is 0.180 e. The number of rotatable bonds is 12. The van der Waals surface area contributed by atoms with E-state index in [-0.39, 0.29) is 123 Å². The summed E-state index contributed by atoms with van der Waals surface area (Å²) in [6.45, 7) is 87.3. The molecular weight excluding hydrogens is 1920 g/mol. The first-order valence-corrected chi connectivity index (χ1v) is 62.0. The second kappa shape index (κ2) is 68.0. The highest BCUT2D eigenvalue weighted by molar-refractivity contribution is 7.92. The van der Waals surface area contributed by atoms with Gasteiger partial charge in [0.05, 0.1) is 68.4 Å². The highest BCUT2D eigenvalue weighted by Gasteiger charge is 2.40. The molecule has 846 valence electrons. The van der Waals surface area contributed by atoms with Crippen LogP contribution in [-0.2, 0) is 68.0 Å². The van der Waals surface area contributed by atoms with E-state index in [0.717, 1.165) is 36.0 Å². The number of hydrogen-bond donors (Lipinski definition) is 12. The van der Waals surface area contributed by atoms with Gasteiger partial charge in [0, 0.05) is 107 Å². The molecule has 0 amide bonds. The predicted octanol–water partition coefficient (Wildman–Crippen LogP) is 29.1. The number of benzene rings is 9. The Morgan fingerprint density at radius 3 is 0.560 bits per heavy atom. The highest BCUT2D eigenvalue weighted by atomic mass is 32.2. The highest BCUT2D eigenvalue weighted by Crippen LogP contribution is 2.41. The van der Waals surface area contributed by atoms with Gasteiger partial charge in [-0.05, 0) is 265 Å². The zero-order valence-corrected chi connectivity index (χ0v) is 104. The number of hydrogen-bond acceptors (Lipinski definition) is 18. The molecule has 3 heterocycles. The van der Waals surface area contributed by atoms with Gasteiger partial charge in [0.15, 0.2) is 29.5 Å². The van der Waals surface area contributed by atoms with Crippen molar-refractivity contribution in [3.05, 3.63) is 302 Å². The maximum Gasteiger partial charge on any atom is 0.180 e. The molecule has 9 aromatic rings. The van der Waals surface area contributed by atoms with E-state index in [1.807, 2.05) is 239 Å². The van der Waals surface area contributed by atoms with Crippen LogP contribution in [0.3, 0.4) is 0 Å². The molecule has 0 aromatic heterocycles. The van der Waals surface area contributed by atoms with Crippen molar-refractivity contribution in [2.45, 2.75) is 487 Å². The number of aliphatic hydroxyl groups excluding tert-OH is 3. The van der Waals surface area contributed by atoms with E-state index in [9.17, 15) is 40.6 Å².